The van der Waals surface area contributed by atoms with E-state index in [4.69, 9.17) is 5.26 Å². The third-order valence-electron chi connectivity index (χ3n) is 2.48. The van der Waals surface area contributed by atoms with E-state index in [0.29, 0.717) is 5.56 Å². The maximum Gasteiger partial charge on any atom is 0.144 e. The number of Topliss-reactive ketones (excluding diaryl/α,β-unsaturated/α-hetero) is 1. The summed E-state index contributed by atoms with van der Waals surface area (Å²) in [6.07, 6.45) is 0. The summed E-state index contributed by atoms with van der Waals surface area (Å²) in [6, 6.07) is 6.29. The van der Waals surface area contributed by atoms with Crippen LogP contribution in [0.15, 0.2) is 18.2 Å². The fourth-order valence-electron chi connectivity index (χ4n) is 1.55. The van der Waals surface area contributed by atoms with Crippen molar-refractivity contribution in [2.24, 2.45) is 0 Å². The molecule has 0 aliphatic rings. The molecule has 0 N–H and O–H groups in total. The third kappa shape index (κ3) is 2.48. The van der Waals surface area contributed by atoms with Crippen LogP contribution in [-0.4, -0.2) is 10.6 Å². The van der Waals surface area contributed by atoms with Crippen LogP contribution in [0.25, 0.3) is 0 Å². The van der Waals surface area contributed by atoms with Crippen LogP contribution in [0, 0.1) is 17.1 Å². The van der Waals surface area contributed by atoms with Crippen molar-refractivity contribution in [3.63, 3.8) is 0 Å². The highest BCUT2D eigenvalue weighted by Gasteiger charge is 2.23. The van der Waals surface area contributed by atoms with Gasteiger partial charge in [-0.25, -0.2) is 4.39 Å². The lowest BCUT2D eigenvalue weighted by atomic mass is 9.92. The Morgan fingerprint density at radius 2 is 2.19 bits per heavy atom. The largest absolute Gasteiger partial charge is 0.299 e. The molecule has 0 spiro atoms. The van der Waals surface area contributed by atoms with E-state index < -0.39 is 10.6 Å². The van der Waals surface area contributed by atoms with Crippen molar-refractivity contribution in [3.05, 3.63) is 35.1 Å². The smallest absolute Gasteiger partial charge is 0.144 e. The molecular weight excluding hydrogens is 273 g/mol. The minimum absolute atomic E-state index is 0.0145. The summed E-state index contributed by atoms with van der Waals surface area (Å²) in [4.78, 5) is 10.8. The van der Waals surface area contributed by atoms with Crippen molar-refractivity contribution in [2.75, 3.05) is 0 Å². The zero-order valence-corrected chi connectivity index (χ0v) is 10.6. The fourth-order valence-corrected chi connectivity index (χ4v) is 1.83. The SMILES string of the molecule is CC(=O)C(Br)C(C)c1cccc(F)c1C#N. The monoisotopic (exact) mass is 283 g/mol. The summed E-state index contributed by atoms with van der Waals surface area (Å²) < 4.78 is 13.4. The number of carbonyl (C=O) groups is 1. The number of nitrogens with zero attached hydrogens (tertiary/aromatic N) is 1. The van der Waals surface area contributed by atoms with E-state index in [2.05, 4.69) is 15.9 Å². The van der Waals surface area contributed by atoms with Crippen LogP contribution < -0.4 is 0 Å². The Kier molecular flexibility index (Phi) is 4.19. The van der Waals surface area contributed by atoms with E-state index >= 15 is 0 Å². The highest BCUT2D eigenvalue weighted by Crippen LogP contribution is 2.28. The molecule has 1 aromatic rings. The first-order valence-corrected chi connectivity index (χ1v) is 5.73. The first kappa shape index (κ1) is 12.9. The Morgan fingerprint density at radius 1 is 1.56 bits per heavy atom. The van der Waals surface area contributed by atoms with Crippen molar-refractivity contribution in [2.45, 2.75) is 24.6 Å². The molecule has 1 rings (SSSR count). The molecule has 4 heteroatoms. The van der Waals surface area contributed by atoms with Crippen molar-refractivity contribution in [1.29, 1.82) is 5.26 Å². The molecule has 2 nitrogen and oxygen atoms in total. The minimum atomic E-state index is -0.546. The first-order chi connectivity index (χ1) is 7.49. The zero-order chi connectivity index (χ0) is 12.3. The summed E-state index contributed by atoms with van der Waals surface area (Å²) >= 11 is 3.25. The van der Waals surface area contributed by atoms with Crippen molar-refractivity contribution in [1.82, 2.24) is 0 Å². The van der Waals surface area contributed by atoms with Gasteiger partial charge >= 0.3 is 0 Å². The Morgan fingerprint density at radius 3 is 2.69 bits per heavy atom. The van der Waals surface area contributed by atoms with Gasteiger partial charge in [0.2, 0.25) is 0 Å². The van der Waals surface area contributed by atoms with Crippen LogP contribution in [0.1, 0.15) is 30.9 Å². The summed E-state index contributed by atoms with van der Waals surface area (Å²) in [5, 5.41) is 8.88. The van der Waals surface area contributed by atoms with Gasteiger partial charge in [0.1, 0.15) is 17.7 Å². The number of alkyl halides is 1. The predicted octanol–water partition coefficient (Wildman–Crippen LogP) is 3.15. The summed E-state index contributed by atoms with van der Waals surface area (Å²) in [5.41, 5.74) is 0.570. The maximum absolute atomic E-state index is 13.4. The topological polar surface area (TPSA) is 40.9 Å². The molecule has 1 aromatic carbocycles. The molecule has 0 aromatic heterocycles. The molecule has 16 heavy (non-hydrogen) atoms. The summed E-state index contributed by atoms with van der Waals surface area (Å²) in [6.45, 7) is 3.25. The number of benzene rings is 1. The van der Waals surface area contributed by atoms with Gasteiger partial charge in [-0.05, 0) is 18.6 Å². The van der Waals surface area contributed by atoms with Gasteiger partial charge in [-0.15, -0.1) is 0 Å². The second-order valence-electron chi connectivity index (χ2n) is 3.62. The van der Waals surface area contributed by atoms with E-state index in [0.717, 1.165) is 0 Å². The van der Waals surface area contributed by atoms with E-state index in [1.165, 1.54) is 13.0 Å². The number of nitriles is 1. The second-order valence-corrected chi connectivity index (χ2v) is 4.60. The van der Waals surface area contributed by atoms with Gasteiger partial charge in [0.05, 0.1) is 10.4 Å². The Labute approximate surface area is 102 Å². The van der Waals surface area contributed by atoms with Crippen LogP contribution in [0.5, 0.6) is 0 Å². The Hall–Kier alpha value is -1.21. The van der Waals surface area contributed by atoms with Gasteiger partial charge in [0, 0.05) is 5.92 Å². The number of rotatable bonds is 3. The fraction of sp³-hybridized carbons (Fsp3) is 0.333. The molecule has 0 amide bonds. The quantitative estimate of drug-likeness (QED) is 0.800. The Bertz CT molecular complexity index is 453. The second kappa shape index (κ2) is 5.22. The maximum atomic E-state index is 13.4. The van der Waals surface area contributed by atoms with E-state index in [-0.39, 0.29) is 17.3 Å². The molecule has 84 valence electrons. The number of halogens is 2. The normalized spacial score (nSPS) is 13.9. The molecule has 0 aliphatic carbocycles. The molecule has 2 unspecified atom stereocenters. The average Bonchev–Trinajstić information content (AvgIpc) is 2.26. The standard InChI is InChI=1S/C12H11BrFNO/c1-7(12(13)8(2)16)9-4-3-5-11(14)10(9)6-15/h3-5,7,12H,1-2H3. The number of hydrogen-bond acceptors (Lipinski definition) is 2. The van der Waals surface area contributed by atoms with Crippen molar-refractivity contribution >= 4 is 21.7 Å². The molecule has 0 radical (unpaired) electrons. The van der Waals surface area contributed by atoms with Gasteiger partial charge in [0.15, 0.2) is 0 Å². The highest BCUT2D eigenvalue weighted by molar-refractivity contribution is 9.10. The third-order valence-corrected chi connectivity index (χ3v) is 3.91. The first-order valence-electron chi connectivity index (χ1n) is 4.82. The number of hydrogen-bond donors (Lipinski definition) is 0. The van der Waals surface area contributed by atoms with Crippen LogP contribution in [-0.2, 0) is 4.79 Å². The molecular formula is C12H11BrFNO. The van der Waals surface area contributed by atoms with Crippen molar-refractivity contribution in [3.8, 4) is 6.07 Å². The van der Waals surface area contributed by atoms with Crippen molar-refractivity contribution < 1.29 is 9.18 Å². The molecule has 0 heterocycles. The molecule has 2 atom stereocenters. The van der Waals surface area contributed by atoms with Crippen LogP contribution in [0.3, 0.4) is 0 Å². The summed E-state index contributed by atoms with van der Waals surface area (Å²) in [7, 11) is 0. The lowest BCUT2D eigenvalue weighted by Gasteiger charge is -2.17. The summed E-state index contributed by atoms with van der Waals surface area (Å²) in [5.74, 6) is -0.821. The number of carbonyl (C=O) groups excluding carboxylic acids is 1. The predicted molar refractivity (Wildman–Crippen MR) is 62.9 cm³/mol. The molecule has 0 fully saturated rings. The van der Waals surface area contributed by atoms with E-state index in [9.17, 15) is 9.18 Å². The Balaban J connectivity index is 3.19. The van der Waals surface area contributed by atoms with Gasteiger partial charge in [-0.1, -0.05) is 35.0 Å². The minimum Gasteiger partial charge on any atom is -0.299 e. The zero-order valence-electron chi connectivity index (χ0n) is 9.00. The van der Waals surface area contributed by atoms with E-state index in [1.54, 1.807) is 19.1 Å². The van der Waals surface area contributed by atoms with Gasteiger partial charge in [0.25, 0.3) is 0 Å². The van der Waals surface area contributed by atoms with Crippen LogP contribution >= 0.6 is 15.9 Å². The molecule has 0 bridgehead atoms. The lowest BCUT2D eigenvalue weighted by Crippen LogP contribution is -2.18. The number of ketones is 1. The molecule has 0 saturated heterocycles. The van der Waals surface area contributed by atoms with E-state index in [1.807, 2.05) is 6.07 Å². The van der Waals surface area contributed by atoms with Gasteiger partial charge in [-0.3, -0.25) is 4.79 Å². The average molecular weight is 284 g/mol. The molecule has 0 saturated carbocycles. The van der Waals surface area contributed by atoms with Crippen LogP contribution in [0.2, 0.25) is 0 Å². The van der Waals surface area contributed by atoms with Crippen LogP contribution in [0.4, 0.5) is 4.39 Å². The van der Waals surface area contributed by atoms with Gasteiger partial charge < -0.3 is 0 Å². The highest BCUT2D eigenvalue weighted by atomic mass is 79.9. The lowest BCUT2D eigenvalue weighted by molar-refractivity contribution is -0.116. The van der Waals surface area contributed by atoms with Gasteiger partial charge in [-0.2, -0.15) is 5.26 Å². The molecule has 0 aliphatic heterocycles.